The Kier molecular flexibility index (Phi) is 4.33. The summed E-state index contributed by atoms with van der Waals surface area (Å²) in [5, 5.41) is 0. The summed E-state index contributed by atoms with van der Waals surface area (Å²) in [6.45, 7) is 0. The van der Waals surface area contributed by atoms with Gasteiger partial charge >= 0.3 is 5.69 Å². The number of hydrogen-bond acceptors (Lipinski definition) is 4. The Morgan fingerprint density at radius 3 is 2.25 bits per heavy atom. The first-order valence-corrected chi connectivity index (χ1v) is 7.50. The van der Waals surface area contributed by atoms with E-state index in [2.05, 4.69) is 4.98 Å². The van der Waals surface area contributed by atoms with Crippen LogP contribution in [0.3, 0.4) is 0 Å². The lowest BCUT2D eigenvalue weighted by molar-refractivity contribution is 0.355. The van der Waals surface area contributed by atoms with Gasteiger partial charge in [0.15, 0.2) is 11.5 Å². The van der Waals surface area contributed by atoms with E-state index >= 15 is 0 Å². The highest BCUT2D eigenvalue weighted by molar-refractivity contribution is 5.69. The van der Waals surface area contributed by atoms with E-state index in [9.17, 15) is 4.79 Å². The Bertz CT molecular complexity index is 918. The molecule has 0 spiro atoms. The molecular formula is C19H18N2O3. The monoisotopic (exact) mass is 322 g/mol. The molecule has 1 heterocycles. The van der Waals surface area contributed by atoms with Gasteiger partial charge in [0.1, 0.15) is 0 Å². The number of aromatic nitrogens is 2. The van der Waals surface area contributed by atoms with Gasteiger partial charge in [-0.05, 0) is 24.3 Å². The molecule has 0 aliphatic carbocycles. The maximum atomic E-state index is 12.3. The van der Waals surface area contributed by atoms with Crippen LogP contribution in [0.25, 0.3) is 22.5 Å². The standard InChI is InChI=1S/C19H18N2O3/c1-21-16(14-9-10-17(23-2)18(11-14)24-3)12-15(20-19(21)22)13-7-5-4-6-8-13/h4-12H,1-3H3. The Hall–Kier alpha value is -3.08. The van der Waals surface area contributed by atoms with Crippen molar-refractivity contribution in [3.05, 3.63) is 65.1 Å². The Labute approximate surface area is 140 Å². The zero-order valence-corrected chi connectivity index (χ0v) is 13.8. The summed E-state index contributed by atoms with van der Waals surface area (Å²) in [5.41, 5.74) is 2.85. The molecule has 3 aromatic rings. The average molecular weight is 322 g/mol. The van der Waals surface area contributed by atoms with Gasteiger partial charge in [0.25, 0.3) is 0 Å². The van der Waals surface area contributed by atoms with Crippen LogP contribution in [0.15, 0.2) is 59.4 Å². The van der Waals surface area contributed by atoms with E-state index in [0.29, 0.717) is 17.2 Å². The van der Waals surface area contributed by atoms with Crippen molar-refractivity contribution >= 4 is 0 Å². The van der Waals surface area contributed by atoms with Crippen LogP contribution in [0.1, 0.15) is 0 Å². The van der Waals surface area contributed by atoms with Gasteiger partial charge < -0.3 is 9.47 Å². The van der Waals surface area contributed by atoms with Crippen LogP contribution in [-0.4, -0.2) is 23.8 Å². The van der Waals surface area contributed by atoms with E-state index in [0.717, 1.165) is 16.8 Å². The molecule has 1 aromatic heterocycles. The number of hydrogen-bond donors (Lipinski definition) is 0. The summed E-state index contributed by atoms with van der Waals surface area (Å²) in [4.78, 5) is 16.4. The largest absolute Gasteiger partial charge is 0.493 e. The summed E-state index contributed by atoms with van der Waals surface area (Å²) in [6.07, 6.45) is 0. The van der Waals surface area contributed by atoms with Crippen LogP contribution in [-0.2, 0) is 7.05 Å². The van der Waals surface area contributed by atoms with Crippen molar-refractivity contribution in [3.63, 3.8) is 0 Å². The van der Waals surface area contributed by atoms with Crippen LogP contribution >= 0.6 is 0 Å². The van der Waals surface area contributed by atoms with Gasteiger partial charge in [-0.25, -0.2) is 4.79 Å². The van der Waals surface area contributed by atoms with Crippen LogP contribution in [0, 0.1) is 0 Å². The molecule has 0 atom stereocenters. The molecule has 0 N–H and O–H groups in total. The molecule has 3 rings (SSSR count). The summed E-state index contributed by atoms with van der Waals surface area (Å²) in [6, 6.07) is 17.1. The smallest absolute Gasteiger partial charge is 0.348 e. The lowest BCUT2D eigenvalue weighted by Crippen LogP contribution is -2.22. The Balaban J connectivity index is 2.18. The molecule has 5 heteroatoms. The molecule has 0 saturated heterocycles. The van der Waals surface area contributed by atoms with Gasteiger partial charge in [-0.3, -0.25) is 4.57 Å². The van der Waals surface area contributed by atoms with Gasteiger partial charge in [-0.2, -0.15) is 4.98 Å². The summed E-state index contributed by atoms with van der Waals surface area (Å²) >= 11 is 0. The van der Waals surface area contributed by atoms with Crippen LogP contribution in [0.5, 0.6) is 11.5 Å². The highest BCUT2D eigenvalue weighted by Crippen LogP contribution is 2.32. The molecule has 0 amide bonds. The van der Waals surface area contributed by atoms with Crippen LogP contribution in [0.2, 0.25) is 0 Å². The number of ether oxygens (including phenoxy) is 2. The van der Waals surface area contributed by atoms with Gasteiger partial charge in [0, 0.05) is 18.2 Å². The minimum absolute atomic E-state index is 0.305. The molecule has 0 unspecified atom stereocenters. The van der Waals surface area contributed by atoms with E-state index in [-0.39, 0.29) is 5.69 Å². The number of nitrogens with zero attached hydrogens (tertiary/aromatic N) is 2. The van der Waals surface area contributed by atoms with E-state index in [1.165, 1.54) is 4.57 Å². The predicted octanol–water partition coefficient (Wildman–Crippen LogP) is 3.13. The first-order valence-electron chi connectivity index (χ1n) is 7.50. The second kappa shape index (κ2) is 6.58. The van der Waals surface area contributed by atoms with Crippen molar-refractivity contribution in [1.29, 1.82) is 0 Å². The van der Waals surface area contributed by atoms with Gasteiger partial charge in [-0.1, -0.05) is 30.3 Å². The van der Waals surface area contributed by atoms with Crippen molar-refractivity contribution in [2.24, 2.45) is 7.05 Å². The fourth-order valence-electron chi connectivity index (χ4n) is 2.57. The van der Waals surface area contributed by atoms with Crippen molar-refractivity contribution in [3.8, 4) is 34.0 Å². The van der Waals surface area contributed by atoms with Crippen LogP contribution < -0.4 is 15.2 Å². The Morgan fingerprint density at radius 2 is 1.58 bits per heavy atom. The van der Waals surface area contributed by atoms with Crippen molar-refractivity contribution < 1.29 is 9.47 Å². The van der Waals surface area contributed by atoms with E-state index in [4.69, 9.17) is 9.47 Å². The van der Waals surface area contributed by atoms with Crippen molar-refractivity contribution in [2.45, 2.75) is 0 Å². The molecule has 0 saturated carbocycles. The highest BCUT2D eigenvalue weighted by Gasteiger charge is 2.12. The van der Waals surface area contributed by atoms with Gasteiger partial charge in [0.05, 0.1) is 25.6 Å². The zero-order valence-electron chi connectivity index (χ0n) is 13.8. The number of methoxy groups -OCH3 is 2. The van der Waals surface area contributed by atoms with E-state index in [1.807, 2.05) is 54.6 Å². The van der Waals surface area contributed by atoms with E-state index < -0.39 is 0 Å². The normalized spacial score (nSPS) is 10.5. The molecule has 0 radical (unpaired) electrons. The molecule has 24 heavy (non-hydrogen) atoms. The SMILES string of the molecule is COc1ccc(-c2cc(-c3ccccc3)nc(=O)n2C)cc1OC. The average Bonchev–Trinajstić information content (AvgIpc) is 2.64. The minimum Gasteiger partial charge on any atom is -0.493 e. The zero-order chi connectivity index (χ0) is 17.1. The third-order valence-corrected chi connectivity index (χ3v) is 3.89. The summed E-state index contributed by atoms with van der Waals surface area (Å²) in [7, 11) is 4.88. The third-order valence-electron chi connectivity index (χ3n) is 3.89. The maximum Gasteiger partial charge on any atom is 0.348 e. The second-order valence-electron chi connectivity index (χ2n) is 5.30. The number of benzene rings is 2. The topological polar surface area (TPSA) is 53.3 Å². The molecule has 0 fully saturated rings. The predicted molar refractivity (Wildman–Crippen MR) is 93.5 cm³/mol. The lowest BCUT2D eigenvalue weighted by atomic mass is 10.1. The quantitative estimate of drug-likeness (QED) is 0.740. The molecule has 5 nitrogen and oxygen atoms in total. The summed E-state index contributed by atoms with van der Waals surface area (Å²) < 4.78 is 12.1. The minimum atomic E-state index is -0.305. The molecule has 2 aromatic carbocycles. The van der Waals surface area contributed by atoms with Crippen LogP contribution in [0.4, 0.5) is 0 Å². The first kappa shape index (κ1) is 15.8. The number of rotatable bonds is 4. The molecule has 0 bridgehead atoms. The molecule has 0 aliphatic heterocycles. The molecule has 122 valence electrons. The van der Waals surface area contributed by atoms with Gasteiger partial charge in [-0.15, -0.1) is 0 Å². The molecular weight excluding hydrogens is 304 g/mol. The van der Waals surface area contributed by atoms with Crippen molar-refractivity contribution in [2.75, 3.05) is 14.2 Å². The fourth-order valence-corrected chi connectivity index (χ4v) is 2.57. The van der Waals surface area contributed by atoms with Gasteiger partial charge in [0.2, 0.25) is 0 Å². The first-order chi connectivity index (χ1) is 11.6. The fraction of sp³-hybridized carbons (Fsp3) is 0.158. The van der Waals surface area contributed by atoms with E-state index in [1.54, 1.807) is 21.3 Å². The Morgan fingerprint density at radius 1 is 0.875 bits per heavy atom. The third kappa shape index (κ3) is 2.88. The maximum absolute atomic E-state index is 12.3. The summed E-state index contributed by atoms with van der Waals surface area (Å²) in [5.74, 6) is 1.25. The highest BCUT2D eigenvalue weighted by atomic mass is 16.5. The second-order valence-corrected chi connectivity index (χ2v) is 5.30. The van der Waals surface area contributed by atoms with Crippen molar-refractivity contribution in [1.82, 2.24) is 9.55 Å². The molecule has 0 aliphatic rings. The lowest BCUT2D eigenvalue weighted by Gasteiger charge is -2.13.